The number of aryl methyl sites for hydroxylation is 2. The Hall–Kier alpha value is -2.63. The Morgan fingerprint density at radius 1 is 1.32 bits per heavy atom. The number of nitrogens with zero attached hydrogens (tertiary/aromatic N) is 4. The van der Waals surface area contributed by atoms with Gasteiger partial charge in [-0.2, -0.15) is 5.10 Å². The van der Waals surface area contributed by atoms with Crippen molar-refractivity contribution < 1.29 is 9.84 Å². The van der Waals surface area contributed by atoms with Crippen LogP contribution in [0.1, 0.15) is 19.0 Å². The smallest absolute Gasteiger partial charge is 0.160 e. The topological polar surface area (TPSA) is 73.1 Å². The van der Waals surface area contributed by atoms with Crippen LogP contribution in [-0.2, 0) is 13.5 Å². The maximum atomic E-state index is 9.91. The van der Waals surface area contributed by atoms with Gasteiger partial charge in [0.15, 0.2) is 17.3 Å². The van der Waals surface area contributed by atoms with E-state index < -0.39 is 0 Å². The molecule has 2 aromatic heterocycles. The predicted molar refractivity (Wildman–Crippen MR) is 84.0 cm³/mol. The van der Waals surface area contributed by atoms with Crippen molar-refractivity contribution in [3.05, 3.63) is 30.1 Å². The number of ether oxygens (including phenoxy) is 1. The third-order valence-corrected chi connectivity index (χ3v) is 3.59. The number of phenols is 1. The van der Waals surface area contributed by atoms with Crippen LogP contribution in [-0.4, -0.2) is 32.0 Å². The second kappa shape index (κ2) is 5.63. The average molecular weight is 298 g/mol. The van der Waals surface area contributed by atoms with Crippen LogP contribution in [0.3, 0.4) is 0 Å². The van der Waals surface area contributed by atoms with E-state index in [9.17, 15) is 5.11 Å². The summed E-state index contributed by atoms with van der Waals surface area (Å²) >= 11 is 0. The van der Waals surface area contributed by atoms with Crippen molar-refractivity contribution in [3.63, 3.8) is 0 Å². The minimum atomic E-state index is 0.0728. The SMILES string of the molecule is CCCc1nn(C)c2cnc(-c3ccc(OC)c(O)c3)nc12. The Morgan fingerprint density at radius 2 is 2.14 bits per heavy atom. The number of phenolic OH excluding ortho intramolecular Hbond substituents is 1. The van der Waals surface area contributed by atoms with Gasteiger partial charge in [-0.25, -0.2) is 9.97 Å². The molecule has 0 bridgehead atoms. The van der Waals surface area contributed by atoms with Crippen LogP contribution in [0.25, 0.3) is 22.4 Å². The molecular formula is C16H18N4O2. The molecule has 6 nitrogen and oxygen atoms in total. The lowest BCUT2D eigenvalue weighted by Gasteiger charge is -2.05. The molecule has 1 N–H and O–H groups in total. The number of rotatable bonds is 4. The van der Waals surface area contributed by atoms with E-state index >= 15 is 0 Å². The van der Waals surface area contributed by atoms with Crippen LogP contribution < -0.4 is 4.74 Å². The molecule has 0 aliphatic carbocycles. The molecule has 3 rings (SSSR count). The first-order valence-electron chi connectivity index (χ1n) is 7.20. The molecule has 0 aliphatic rings. The molecule has 0 aliphatic heterocycles. The highest BCUT2D eigenvalue weighted by Gasteiger charge is 2.13. The van der Waals surface area contributed by atoms with Gasteiger partial charge in [-0.15, -0.1) is 0 Å². The van der Waals surface area contributed by atoms with Crippen LogP contribution in [0.5, 0.6) is 11.5 Å². The fraction of sp³-hybridized carbons (Fsp3) is 0.312. The van der Waals surface area contributed by atoms with Gasteiger partial charge >= 0.3 is 0 Å². The lowest BCUT2D eigenvalue weighted by molar-refractivity contribution is 0.373. The second-order valence-electron chi connectivity index (χ2n) is 5.13. The average Bonchev–Trinajstić information content (AvgIpc) is 2.83. The lowest BCUT2D eigenvalue weighted by Crippen LogP contribution is -1.93. The number of hydrogen-bond donors (Lipinski definition) is 1. The van der Waals surface area contributed by atoms with Gasteiger partial charge in [-0.3, -0.25) is 4.68 Å². The van der Waals surface area contributed by atoms with E-state index in [-0.39, 0.29) is 5.75 Å². The normalized spacial score (nSPS) is 11.0. The summed E-state index contributed by atoms with van der Waals surface area (Å²) in [5.41, 5.74) is 3.49. The number of aromatic hydroxyl groups is 1. The first kappa shape index (κ1) is 14.3. The van der Waals surface area contributed by atoms with E-state index in [0.717, 1.165) is 35.1 Å². The highest BCUT2D eigenvalue weighted by atomic mass is 16.5. The Labute approximate surface area is 128 Å². The Morgan fingerprint density at radius 3 is 2.82 bits per heavy atom. The van der Waals surface area contributed by atoms with Crippen LogP contribution in [0.15, 0.2) is 24.4 Å². The van der Waals surface area contributed by atoms with Gasteiger partial charge in [0, 0.05) is 12.6 Å². The standard InChI is InChI=1S/C16H18N4O2/c1-4-5-11-15-12(20(2)19-11)9-17-16(18-15)10-6-7-14(22-3)13(21)8-10/h6-9,21H,4-5H2,1-3H3. The zero-order chi connectivity index (χ0) is 15.7. The van der Waals surface area contributed by atoms with Gasteiger partial charge in [0.05, 0.1) is 19.0 Å². The number of hydrogen-bond acceptors (Lipinski definition) is 5. The number of benzene rings is 1. The molecular weight excluding hydrogens is 280 g/mol. The molecule has 1 aromatic carbocycles. The van der Waals surface area contributed by atoms with Gasteiger partial charge in [0.1, 0.15) is 11.0 Å². The molecule has 0 fully saturated rings. The van der Waals surface area contributed by atoms with E-state index in [2.05, 4.69) is 22.0 Å². The van der Waals surface area contributed by atoms with E-state index in [4.69, 9.17) is 4.74 Å². The lowest BCUT2D eigenvalue weighted by atomic mass is 10.1. The third kappa shape index (κ3) is 2.36. The van der Waals surface area contributed by atoms with Crippen molar-refractivity contribution in [1.29, 1.82) is 0 Å². The summed E-state index contributed by atoms with van der Waals surface area (Å²) in [4.78, 5) is 9.02. The fourth-order valence-electron chi connectivity index (χ4n) is 2.48. The van der Waals surface area contributed by atoms with Gasteiger partial charge in [-0.1, -0.05) is 13.3 Å². The number of methoxy groups -OCH3 is 1. The zero-order valence-electron chi connectivity index (χ0n) is 12.9. The second-order valence-corrected chi connectivity index (χ2v) is 5.13. The highest BCUT2D eigenvalue weighted by molar-refractivity contribution is 5.79. The minimum Gasteiger partial charge on any atom is -0.504 e. The van der Waals surface area contributed by atoms with Crippen molar-refractivity contribution in [2.45, 2.75) is 19.8 Å². The molecule has 0 saturated heterocycles. The summed E-state index contributed by atoms with van der Waals surface area (Å²) in [5, 5.41) is 14.4. The summed E-state index contributed by atoms with van der Waals surface area (Å²) in [7, 11) is 3.41. The maximum Gasteiger partial charge on any atom is 0.160 e. The molecule has 0 radical (unpaired) electrons. The van der Waals surface area contributed by atoms with E-state index in [1.54, 1.807) is 23.0 Å². The molecule has 6 heteroatoms. The van der Waals surface area contributed by atoms with E-state index in [1.807, 2.05) is 13.1 Å². The molecule has 0 amide bonds. The first-order valence-corrected chi connectivity index (χ1v) is 7.20. The first-order chi connectivity index (χ1) is 10.6. The van der Waals surface area contributed by atoms with Crippen LogP contribution >= 0.6 is 0 Å². The van der Waals surface area contributed by atoms with Crippen molar-refractivity contribution in [2.24, 2.45) is 7.05 Å². The van der Waals surface area contributed by atoms with Crippen molar-refractivity contribution in [1.82, 2.24) is 19.7 Å². The van der Waals surface area contributed by atoms with E-state index in [1.165, 1.54) is 7.11 Å². The van der Waals surface area contributed by atoms with Crippen LogP contribution in [0, 0.1) is 0 Å². The molecule has 3 aromatic rings. The molecule has 22 heavy (non-hydrogen) atoms. The van der Waals surface area contributed by atoms with Crippen molar-refractivity contribution in [3.8, 4) is 22.9 Å². The molecule has 0 atom stereocenters. The summed E-state index contributed by atoms with van der Waals surface area (Å²) in [6, 6.07) is 5.14. The quantitative estimate of drug-likeness (QED) is 0.801. The zero-order valence-corrected chi connectivity index (χ0v) is 12.9. The summed E-state index contributed by atoms with van der Waals surface area (Å²) in [6.07, 6.45) is 3.65. The fourth-order valence-corrected chi connectivity index (χ4v) is 2.48. The van der Waals surface area contributed by atoms with Gasteiger partial charge in [-0.05, 0) is 24.6 Å². The number of aromatic nitrogens is 4. The largest absolute Gasteiger partial charge is 0.504 e. The monoisotopic (exact) mass is 298 g/mol. The van der Waals surface area contributed by atoms with Crippen LogP contribution in [0.2, 0.25) is 0 Å². The molecule has 0 spiro atoms. The van der Waals surface area contributed by atoms with Crippen LogP contribution in [0.4, 0.5) is 0 Å². The Bertz CT molecular complexity index is 826. The summed E-state index contributed by atoms with van der Waals surface area (Å²) < 4.78 is 6.86. The maximum absolute atomic E-state index is 9.91. The van der Waals surface area contributed by atoms with Crippen molar-refractivity contribution in [2.75, 3.05) is 7.11 Å². The minimum absolute atomic E-state index is 0.0728. The van der Waals surface area contributed by atoms with Gasteiger partial charge in [0.2, 0.25) is 0 Å². The summed E-state index contributed by atoms with van der Waals surface area (Å²) in [6.45, 7) is 2.12. The Kier molecular flexibility index (Phi) is 3.66. The third-order valence-electron chi connectivity index (χ3n) is 3.59. The van der Waals surface area contributed by atoms with Crippen molar-refractivity contribution >= 4 is 11.0 Å². The van der Waals surface area contributed by atoms with Gasteiger partial charge < -0.3 is 9.84 Å². The van der Waals surface area contributed by atoms with Gasteiger partial charge in [0.25, 0.3) is 0 Å². The molecule has 2 heterocycles. The Balaban J connectivity index is 2.11. The summed E-state index contributed by atoms with van der Waals surface area (Å²) in [5.74, 6) is 1.07. The predicted octanol–water partition coefficient (Wildman–Crippen LogP) is 2.70. The highest BCUT2D eigenvalue weighted by Crippen LogP contribution is 2.30. The molecule has 0 saturated carbocycles. The molecule has 114 valence electrons. The van der Waals surface area contributed by atoms with E-state index in [0.29, 0.717) is 11.6 Å². The number of fused-ring (bicyclic) bond motifs is 1. The molecule has 0 unspecified atom stereocenters.